The van der Waals surface area contributed by atoms with E-state index >= 15 is 0 Å². The largest absolute Gasteiger partial charge is 0.441 e. The summed E-state index contributed by atoms with van der Waals surface area (Å²) in [5.41, 5.74) is 1.41. The Kier molecular flexibility index (Phi) is 4.08. The van der Waals surface area contributed by atoms with E-state index < -0.39 is 9.73 Å². The number of carbonyl (C=O) groups is 1. The zero-order valence-corrected chi connectivity index (χ0v) is 18.2. The summed E-state index contributed by atoms with van der Waals surface area (Å²) in [4.78, 5) is 21.2. The van der Waals surface area contributed by atoms with Crippen LogP contribution >= 0.6 is 11.6 Å². The van der Waals surface area contributed by atoms with E-state index in [1.807, 2.05) is 0 Å². The van der Waals surface area contributed by atoms with Crippen molar-refractivity contribution in [2.75, 3.05) is 0 Å². The predicted molar refractivity (Wildman–Crippen MR) is 113 cm³/mol. The van der Waals surface area contributed by atoms with Gasteiger partial charge in [0, 0.05) is 18.2 Å². The van der Waals surface area contributed by atoms with Crippen LogP contribution in [-0.4, -0.2) is 31.4 Å². The summed E-state index contributed by atoms with van der Waals surface area (Å²) in [6.45, 7) is 0. The van der Waals surface area contributed by atoms with E-state index in [0.717, 1.165) is 38.5 Å². The third kappa shape index (κ3) is 3.25. The normalized spacial score (nSPS) is 29.3. The minimum Gasteiger partial charge on any atom is -0.441 e. The highest BCUT2D eigenvalue weighted by atomic mass is 35.5. The van der Waals surface area contributed by atoms with Crippen molar-refractivity contribution in [2.24, 2.45) is 5.41 Å². The molecule has 31 heavy (non-hydrogen) atoms. The fraction of sp³-hybridized carbons (Fsp3) is 0.476. The number of pyridine rings is 1. The summed E-state index contributed by atoms with van der Waals surface area (Å²) >= 11 is 5.97. The van der Waals surface area contributed by atoms with Gasteiger partial charge in [0.2, 0.25) is 11.6 Å². The van der Waals surface area contributed by atoms with Crippen LogP contribution in [0.25, 0.3) is 11.2 Å². The van der Waals surface area contributed by atoms with Crippen molar-refractivity contribution in [3.05, 3.63) is 41.1 Å². The smallest absolute Gasteiger partial charge is 0.287 e. The molecular weight excluding hydrogens is 440 g/mol. The van der Waals surface area contributed by atoms with Gasteiger partial charge in [-0.25, -0.2) is 19.0 Å². The molecule has 3 aromatic heterocycles. The Bertz CT molecular complexity index is 1300. The molecule has 1 atom stereocenters. The number of hydrogen-bond acceptors (Lipinski definition) is 7. The van der Waals surface area contributed by atoms with Crippen molar-refractivity contribution in [1.29, 1.82) is 4.78 Å². The average Bonchev–Trinajstić information content (AvgIpc) is 3.27. The van der Waals surface area contributed by atoms with Crippen LogP contribution in [0.4, 0.5) is 0 Å². The first-order chi connectivity index (χ1) is 14.8. The Morgan fingerprint density at radius 3 is 2.74 bits per heavy atom. The van der Waals surface area contributed by atoms with Crippen molar-refractivity contribution >= 4 is 38.5 Å². The Hall–Kier alpha value is -2.39. The van der Waals surface area contributed by atoms with Gasteiger partial charge in [0.25, 0.3) is 5.91 Å². The van der Waals surface area contributed by atoms with Crippen LogP contribution in [0.5, 0.6) is 0 Å². The maximum Gasteiger partial charge on any atom is 0.287 e. The third-order valence-corrected chi connectivity index (χ3v) is 9.16. The second-order valence-electron chi connectivity index (χ2n) is 9.13. The Morgan fingerprint density at radius 1 is 1.23 bits per heavy atom. The third-order valence-electron chi connectivity index (χ3n) is 6.73. The molecule has 3 saturated carbocycles. The topological polar surface area (TPSA) is 122 Å². The number of halogens is 1. The number of nitrogens with zero attached hydrogens (tertiary/aromatic N) is 2. The van der Waals surface area contributed by atoms with Gasteiger partial charge in [0.15, 0.2) is 10.9 Å². The number of rotatable bonds is 5. The van der Waals surface area contributed by atoms with Crippen molar-refractivity contribution < 1.29 is 17.8 Å². The molecule has 0 radical (unpaired) electrons. The van der Waals surface area contributed by atoms with E-state index in [9.17, 15) is 9.00 Å². The molecule has 3 aromatic rings. The molecule has 6 rings (SSSR count). The number of amides is 1. The molecule has 3 fully saturated rings. The van der Waals surface area contributed by atoms with Gasteiger partial charge in [0.1, 0.15) is 15.2 Å². The zero-order valence-electron chi connectivity index (χ0n) is 16.6. The van der Waals surface area contributed by atoms with Crippen molar-refractivity contribution in [1.82, 2.24) is 15.3 Å². The monoisotopic (exact) mass is 460 g/mol. The molecule has 0 saturated heterocycles. The molecular formula is C21H21ClN4O4S. The van der Waals surface area contributed by atoms with Gasteiger partial charge in [-0.2, -0.15) is 0 Å². The molecule has 2 N–H and O–H groups in total. The summed E-state index contributed by atoms with van der Waals surface area (Å²) < 4.78 is 31.7. The summed E-state index contributed by atoms with van der Waals surface area (Å²) in [6, 6.07) is 4.87. The molecule has 3 heterocycles. The van der Waals surface area contributed by atoms with Gasteiger partial charge in [0.05, 0.1) is 10.3 Å². The standard InChI is InChI=1S/C21H21ClN4O4S/c22-12-5-15-20(24-10-12)30-19(26-15)11-6-21(7-11)8-13(9-21)25-18(27)16-3-4-17(29-16)31(23,28)14-1-2-14/h3-5,10-11,13-14,23H,1-2,6-9H2,(H,25,27)/t11?,13?,21?,31-/m0/s1. The van der Waals surface area contributed by atoms with Crippen molar-refractivity contribution in [3.63, 3.8) is 0 Å². The highest BCUT2D eigenvalue weighted by Crippen LogP contribution is 2.61. The van der Waals surface area contributed by atoms with Crippen LogP contribution in [0.15, 0.2) is 38.3 Å². The lowest BCUT2D eigenvalue weighted by molar-refractivity contribution is -0.0257. The zero-order chi connectivity index (χ0) is 21.4. The molecule has 8 nitrogen and oxygen atoms in total. The number of carbonyl (C=O) groups excluding carboxylic acids is 1. The lowest BCUT2D eigenvalue weighted by Gasteiger charge is -2.57. The highest BCUT2D eigenvalue weighted by molar-refractivity contribution is 7.93. The van der Waals surface area contributed by atoms with E-state index in [-0.39, 0.29) is 39.4 Å². The van der Waals surface area contributed by atoms with Gasteiger partial charge in [-0.1, -0.05) is 11.6 Å². The average molecular weight is 461 g/mol. The molecule has 3 aliphatic carbocycles. The number of oxazole rings is 1. The van der Waals surface area contributed by atoms with E-state index in [0.29, 0.717) is 22.1 Å². The summed E-state index contributed by atoms with van der Waals surface area (Å²) in [7, 11) is -2.93. The number of hydrogen-bond donors (Lipinski definition) is 2. The SMILES string of the molecule is N=[S@@](=O)(c1ccc(C(=O)NC2CC3(C2)CC(c2nc4cc(Cl)cnc4o2)C3)o1)C1CC1. The van der Waals surface area contributed by atoms with Gasteiger partial charge in [-0.15, -0.1) is 0 Å². The highest BCUT2D eigenvalue weighted by Gasteiger charge is 2.54. The molecule has 0 unspecified atom stereocenters. The molecule has 0 aromatic carbocycles. The van der Waals surface area contributed by atoms with E-state index in [1.54, 1.807) is 12.3 Å². The Labute approximate surface area is 183 Å². The molecule has 3 aliphatic rings. The molecule has 0 aliphatic heterocycles. The van der Waals surface area contributed by atoms with Gasteiger partial charge in [-0.3, -0.25) is 4.79 Å². The predicted octanol–water partition coefficient (Wildman–Crippen LogP) is 4.49. The second kappa shape index (κ2) is 6.56. The molecule has 10 heteroatoms. The van der Waals surface area contributed by atoms with Crippen LogP contribution in [0.3, 0.4) is 0 Å². The van der Waals surface area contributed by atoms with Crippen molar-refractivity contribution in [3.8, 4) is 0 Å². The van der Waals surface area contributed by atoms with Crippen LogP contribution in [0, 0.1) is 10.2 Å². The van der Waals surface area contributed by atoms with Crippen LogP contribution < -0.4 is 5.32 Å². The van der Waals surface area contributed by atoms with Crippen LogP contribution in [-0.2, 0) is 9.73 Å². The van der Waals surface area contributed by atoms with Crippen LogP contribution in [0.2, 0.25) is 5.02 Å². The molecule has 0 bridgehead atoms. The molecule has 162 valence electrons. The lowest BCUT2D eigenvalue weighted by Crippen LogP contribution is -2.55. The Morgan fingerprint density at radius 2 is 2.00 bits per heavy atom. The quantitative estimate of drug-likeness (QED) is 0.578. The first-order valence-corrected chi connectivity index (χ1v) is 12.4. The number of aromatic nitrogens is 2. The fourth-order valence-electron chi connectivity index (χ4n) is 5.00. The first-order valence-electron chi connectivity index (χ1n) is 10.4. The maximum absolute atomic E-state index is 12.5. The first kappa shape index (κ1) is 19.3. The van der Waals surface area contributed by atoms with Crippen molar-refractivity contribution in [2.45, 2.75) is 60.8 Å². The van der Waals surface area contributed by atoms with E-state index in [2.05, 4.69) is 15.3 Å². The van der Waals surface area contributed by atoms with E-state index in [4.69, 9.17) is 25.2 Å². The minimum absolute atomic E-state index is 0.0925. The number of nitrogens with one attached hydrogen (secondary N) is 2. The maximum atomic E-state index is 12.5. The fourth-order valence-corrected chi connectivity index (χ4v) is 6.76. The second-order valence-corrected chi connectivity index (χ2v) is 11.8. The van der Waals surface area contributed by atoms with Gasteiger partial charge < -0.3 is 14.2 Å². The van der Waals surface area contributed by atoms with E-state index in [1.165, 1.54) is 12.1 Å². The summed E-state index contributed by atoms with van der Waals surface area (Å²) in [6.07, 6.45) is 6.89. The molecule has 1 amide bonds. The van der Waals surface area contributed by atoms with Gasteiger partial charge >= 0.3 is 0 Å². The minimum atomic E-state index is -2.93. The lowest BCUT2D eigenvalue weighted by atomic mass is 9.50. The number of fused-ring (bicyclic) bond motifs is 1. The summed E-state index contributed by atoms with van der Waals surface area (Å²) in [5.74, 6) is 0.793. The molecule has 1 spiro atoms. The van der Waals surface area contributed by atoms with Gasteiger partial charge in [-0.05, 0) is 62.1 Å². The summed E-state index contributed by atoms with van der Waals surface area (Å²) in [5, 5.41) is 3.51. The Balaban J connectivity index is 1.04. The number of furan rings is 1. The van der Waals surface area contributed by atoms with Crippen LogP contribution in [0.1, 0.15) is 60.9 Å².